The van der Waals surface area contributed by atoms with Gasteiger partial charge in [0, 0.05) is 6.42 Å². The Morgan fingerprint density at radius 3 is 2.23 bits per heavy atom. The summed E-state index contributed by atoms with van der Waals surface area (Å²) in [6.45, 7) is 3.64. The second kappa shape index (κ2) is 11.5. The van der Waals surface area contributed by atoms with Crippen LogP contribution >= 0.6 is 12.4 Å². The lowest BCUT2D eigenvalue weighted by Crippen LogP contribution is -1.93. The first-order valence-corrected chi connectivity index (χ1v) is 4.60. The number of carboxylic acid groups (broad SMARTS) is 1. The Bertz CT molecular complexity index is 135. The van der Waals surface area contributed by atoms with E-state index < -0.39 is 5.97 Å². The van der Waals surface area contributed by atoms with Crippen LogP contribution in [0.25, 0.3) is 0 Å². The van der Waals surface area contributed by atoms with E-state index in [0.29, 0.717) is 6.42 Å². The molecule has 0 aromatic carbocycles. The maximum Gasteiger partial charge on any atom is 0.303 e. The van der Waals surface area contributed by atoms with Crippen molar-refractivity contribution in [1.82, 2.24) is 0 Å². The first-order valence-electron chi connectivity index (χ1n) is 4.60. The Balaban J connectivity index is 0. The molecular weight excluding hydrogens is 188 g/mol. The van der Waals surface area contributed by atoms with Crippen LogP contribution in [-0.4, -0.2) is 11.1 Å². The van der Waals surface area contributed by atoms with Gasteiger partial charge < -0.3 is 5.11 Å². The average molecular weight is 207 g/mol. The molecule has 3 heteroatoms. The van der Waals surface area contributed by atoms with Gasteiger partial charge in [-0.2, -0.15) is 0 Å². The van der Waals surface area contributed by atoms with Gasteiger partial charge in [0.25, 0.3) is 0 Å². The minimum absolute atomic E-state index is 0. The minimum Gasteiger partial charge on any atom is -0.481 e. The summed E-state index contributed by atoms with van der Waals surface area (Å²) in [6, 6.07) is 0. The maximum absolute atomic E-state index is 10.1. The molecule has 0 spiro atoms. The standard InChI is InChI=1S/C10H18O2.ClH/c1-2-3-4-5-6-7-8-9-10(11)12;/h2H,1,3-9H2,(H,11,12);1H. The minimum atomic E-state index is -0.680. The average Bonchev–Trinajstić information content (AvgIpc) is 2.02. The van der Waals surface area contributed by atoms with Gasteiger partial charge in [-0.3, -0.25) is 4.79 Å². The Morgan fingerprint density at radius 1 is 1.15 bits per heavy atom. The second-order valence-corrected chi connectivity index (χ2v) is 2.99. The number of aliphatic carboxylic acids is 1. The van der Waals surface area contributed by atoms with Gasteiger partial charge in [0.2, 0.25) is 0 Å². The van der Waals surface area contributed by atoms with Gasteiger partial charge in [0.15, 0.2) is 0 Å². The molecule has 0 saturated carbocycles. The van der Waals surface area contributed by atoms with Gasteiger partial charge in [0.05, 0.1) is 0 Å². The number of halogens is 1. The number of hydrogen-bond acceptors (Lipinski definition) is 1. The molecule has 78 valence electrons. The Kier molecular flexibility index (Phi) is 13.3. The largest absolute Gasteiger partial charge is 0.481 e. The van der Waals surface area contributed by atoms with Crippen LogP contribution in [0.4, 0.5) is 0 Å². The van der Waals surface area contributed by atoms with E-state index in [4.69, 9.17) is 5.11 Å². The van der Waals surface area contributed by atoms with E-state index in [2.05, 4.69) is 6.58 Å². The molecule has 0 aromatic rings. The SMILES string of the molecule is C=CCCCCCCCC(=O)O.Cl. The molecule has 0 atom stereocenters. The zero-order valence-corrected chi connectivity index (χ0v) is 8.81. The zero-order valence-electron chi connectivity index (χ0n) is 8.00. The van der Waals surface area contributed by atoms with Crippen LogP contribution in [0.2, 0.25) is 0 Å². The summed E-state index contributed by atoms with van der Waals surface area (Å²) in [4.78, 5) is 10.1. The van der Waals surface area contributed by atoms with Crippen LogP contribution < -0.4 is 0 Å². The fourth-order valence-electron chi connectivity index (χ4n) is 1.10. The third-order valence-electron chi connectivity index (χ3n) is 1.80. The molecule has 13 heavy (non-hydrogen) atoms. The summed E-state index contributed by atoms with van der Waals surface area (Å²) in [5.41, 5.74) is 0. The first-order chi connectivity index (χ1) is 5.77. The summed E-state index contributed by atoms with van der Waals surface area (Å²) in [5, 5.41) is 8.34. The predicted octanol–water partition coefficient (Wildman–Crippen LogP) is 3.41. The molecule has 0 aromatic heterocycles. The van der Waals surface area contributed by atoms with Crippen molar-refractivity contribution in [1.29, 1.82) is 0 Å². The molecule has 0 aliphatic rings. The number of carboxylic acids is 1. The molecule has 0 unspecified atom stereocenters. The summed E-state index contributed by atoms with van der Waals surface area (Å²) in [7, 11) is 0. The molecule has 0 bridgehead atoms. The van der Waals surface area contributed by atoms with Gasteiger partial charge in [-0.05, 0) is 19.3 Å². The van der Waals surface area contributed by atoms with Gasteiger partial charge >= 0.3 is 5.97 Å². The molecular formula is C10H19ClO2. The molecule has 0 aliphatic heterocycles. The molecule has 0 aliphatic carbocycles. The molecule has 0 amide bonds. The number of rotatable bonds is 8. The van der Waals surface area contributed by atoms with Crippen molar-refractivity contribution < 1.29 is 9.90 Å². The van der Waals surface area contributed by atoms with E-state index in [1.54, 1.807) is 0 Å². The number of unbranched alkanes of at least 4 members (excludes halogenated alkanes) is 5. The third kappa shape index (κ3) is 14.4. The van der Waals surface area contributed by atoms with E-state index in [-0.39, 0.29) is 12.4 Å². The van der Waals surface area contributed by atoms with Crippen LogP contribution in [0.5, 0.6) is 0 Å². The quantitative estimate of drug-likeness (QED) is 0.488. The highest BCUT2D eigenvalue weighted by atomic mass is 35.5. The maximum atomic E-state index is 10.1. The van der Waals surface area contributed by atoms with E-state index >= 15 is 0 Å². The van der Waals surface area contributed by atoms with Crippen molar-refractivity contribution in [2.45, 2.75) is 44.9 Å². The molecule has 0 rings (SSSR count). The van der Waals surface area contributed by atoms with Crippen molar-refractivity contribution in [2.24, 2.45) is 0 Å². The third-order valence-corrected chi connectivity index (χ3v) is 1.80. The van der Waals surface area contributed by atoms with Gasteiger partial charge in [-0.25, -0.2) is 0 Å². The van der Waals surface area contributed by atoms with Gasteiger partial charge in [0.1, 0.15) is 0 Å². The van der Waals surface area contributed by atoms with Crippen molar-refractivity contribution in [3.05, 3.63) is 12.7 Å². The van der Waals surface area contributed by atoms with Gasteiger partial charge in [-0.1, -0.05) is 25.3 Å². The van der Waals surface area contributed by atoms with Crippen molar-refractivity contribution in [2.75, 3.05) is 0 Å². The topological polar surface area (TPSA) is 37.3 Å². The second-order valence-electron chi connectivity index (χ2n) is 2.99. The Morgan fingerprint density at radius 2 is 1.69 bits per heavy atom. The molecule has 0 heterocycles. The highest BCUT2D eigenvalue weighted by Crippen LogP contribution is 2.06. The lowest BCUT2D eigenvalue weighted by atomic mass is 10.1. The Labute approximate surface area is 86.4 Å². The normalized spacial score (nSPS) is 8.92. The van der Waals surface area contributed by atoms with Crippen LogP contribution in [-0.2, 0) is 4.79 Å². The van der Waals surface area contributed by atoms with E-state index in [9.17, 15) is 4.79 Å². The highest BCUT2D eigenvalue weighted by Gasteiger charge is 1.95. The molecule has 1 N–H and O–H groups in total. The number of allylic oxidation sites excluding steroid dienone is 1. The highest BCUT2D eigenvalue weighted by molar-refractivity contribution is 5.85. The fraction of sp³-hybridized carbons (Fsp3) is 0.700. The van der Waals surface area contributed by atoms with Crippen LogP contribution in [0.1, 0.15) is 44.9 Å². The first kappa shape index (κ1) is 15.0. The van der Waals surface area contributed by atoms with E-state index in [0.717, 1.165) is 25.7 Å². The molecule has 0 fully saturated rings. The summed E-state index contributed by atoms with van der Waals surface area (Å²) in [6.07, 6.45) is 8.74. The van der Waals surface area contributed by atoms with Crippen molar-refractivity contribution >= 4 is 18.4 Å². The number of hydrogen-bond donors (Lipinski definition) is 1. The van der Waals surface area contributed by atoms with Crippen molar-refractivity contribution in [3.8, 4) is 0 Å². The summed E-state index contributed by atoms with van der Waals surface area (Å²) >= 11 is 0. The predicted molar refractivity (Wildman–Crippen MR) is 57.4 cm³/mol. The monoisotopic (exact) mass is 206 g/mol. The van der Waals surface area contributed by atoms with E-state index in [1.165, 1.54) is 12.8 Å². The molecule has 2 nitrogen and oxygen atoms in total. The number of carbonyl (C=O) groups is 1. The summed E-state index contributed by atoms with van der Waals surface area (Å²) < 4.78 is 0. The fourth-order valence-corrected chi connectivity index (χ4v) is 1.10. The lowest BCUT2D eigenvalue weighted by Gasteiger charge is -1.97. The lowest BCUT2D eigenvalue weighted by molar-refractivity contribution is -0.137. The van der Waals surface area contributed by atoms with E-state index in [1.807, 2.05) is 6.08 Å². The Hall–Kier alpha value is -0.500. The van der Waals surface area contributed by atoms with Crippen LogP contribution in [0.15, 0.2) is 12.7 Å². The summed E-state index contributed by atoms with van der Waals surface area (Å²) in [5.74, 6) is -0.680. The van der Waals surface area contributed by atoms with Gasteiger partial charge in [-0.15, -0.1) is 19.0 Å². The van der Waals surface area contributed by atoms with Crippen LogP contribution in [0.3, 0.4) is 0 Å². The zero-order chi connectivity index (χ0) is 9.23. The molecule has 0 saturated heterocycles. The molecule has 0 radical (unpaired) electrons. The smallest absolute Gasteiger partial charge is 0.303 e. The van der Waals surface area contributed by atoms with Crippen molar-refractivity contribution in [3.63, 3.8) is 0 Å². The van der Waals surface area contributed by atoms with Crippen LogP contribution in [0, 0.1) is 0 Å².